The predicted octanol–water partition coefficient (Wildman–Crippen LogP) is 2.19. The van der Waals surface area contributed by atoms with Gasteiger partial charge in [0.05, 0.1) is 10.5 Å². The summed E-state index contributed by atoms with van der Waals surface area (Å²) in [4.78, 5) is 10.6. The second-order valence-electron chi connectivity index (χ2n) is 3.95. The molecule has 1 N–H and O–H groups in total. The fraction of sp³-hybridized carbons (Fsp3) is 0. The first kappa shape index (κ1) is 14.0. The molecule has 2 rings (SSSR count). The third kappa shape index (κ3) is 3.30. The van der Waals surface area contributed by atoms with E-state index in [4.69, 9.17) is 5.11 Å². The van der Waals surface area contributed by atoms with Crippen molar-refractivity contribution in [3.8, 4) is 0 Å². The maximum absolute atomic E-state index is 11.9. The van der Waals surface area contributed by atoms with E-state index >= 15 is 0 Å². The minimum absolute atomic E-state index is 0.0241. The van der Waals surface area contributed by atoms with Gasteiger partial charge in [-0.05, 0) is 29.8 Å². The fourth-order valence-corrected chi connectivity index (χ4v) is 2.36. The van der Waals surface area contributed by atoms with Crippen LogP contribution < -0.4 is 0 Å². The van der Waals surface area contributed by atoms with E-state index in [1.54, 1.807) is 24.3 Å². The van der Waals surface area contributed by atoms with Crippen LogP contribution in [0, 0.1) is 0 Å². The van der Waals surface area contributed by atoms with Crippen molar-refractivity contribution in [3.05, 3.63) is 65.7 Å². The van der Waals surface area contributed by atoms with E-state index in [0.29, 0.717) is 5.56 Å². The highest BCUT2D eigenvalue weighted by atomic mass is 32.2. The molecule has 0 aromatic heterocycles. The van der Waals surface area contributed by atoms with E-state index in [0.717, 1.165) is 0 Å². The zero-order valence-electron chi connectivity index (χ0n) is 10.3. The number of carboxylic acids is 1. The van der Waals surface area contributed by atoms with E-state index in [-0.39, 0.29) is 10.5 Å². The molecule has 0 saturated carbocycles. The van der Waals surface area contributed by atoms with Crippen molar-refractivity contribution in [2.45, 2.75) is 4.90 Å². The largest absolute Gasteiger partial charge is 0.478 e. The molecule has 0 fully saturated rings. The van der Waals surface area contributed by atoms with Gasteiger partial charge in [0.1, 0.15) is 0 Å². The summed E-state index contributed by atoms with van der Waals surface area (Å²) < 4.78 is 27.5. The zero-order valence-corrected chi connectivity index (χ0v) is 11.1. The van der Waals surface area contributed by atoms with E-state index < -0.39 is 16.0 Å². The maximum Gasteiger partial charge on any atom is 0.335 e. The third-order valence-corrected chi connectivity index (χ3v) is 3.79. The highest BCUT2D eigenvalue weighted by Gasteiger charge is 2.12. The molecule has 0 aliphatic heterocycles. The number of sulfonamides is 1. The molecule has 0 bridgehead atoms. The van der Waals surface area contributed by atoms with Gasteiger partial charge in [0.15, 0.2) is 0 Å². The number of hydrogen-bond acceptors (Lipinski definition) is 3. The lowest BCUT2D eigenvalue weighted by Crippen LogP contribution is -2.00. The summed E-state index contributed by atoms with van der Waals surface area (Å²) in [5, 5.41) is 8.75. The number of carboxylic acid groups (broad SMARTS) is 1. The first-order valence-corrected chi connectivity index (χ1v) is 7.12. The van der Waals surface area contributed by atoms with Gasteiger partial charge in [0.2, 0.25) is 0 Å². The summed E-state index contributed by atoms with van der Waals surface area (Å²) in [5.74, 6) is -1.11. The highest BCUT2D eigenvalue weighted by molar-refractivity contribution is 7.90. The SMILES string of the molecule is O=C(O)c1ccc(S(=O)(=O)/N=C/c2ccccc2)cc1. The van der Waals surface area contributed by atoms with Gasteiger partial charge in [0, 0.05) is 6.21 Å². The number of nitrogens with zero attached hydrogens (tertiary/aromatic N) is 1. The Hall–Kier alpha value is -2.47. The molecule has 0 spiro atoms. The van der Waals surface area contributed by atoms with Crippen molar-refractivity contribution < 1.29 is 18.3 Å². The summed E-state index contributed by atoms with van der Waals surface area (Å²) >= 11 is 0. The smallest absolute Gasteiger partial charge is 0.335 e. The van der Waals surface area contributed by atoms with Crippen LogP contribution in [-0.4, -0.2) is 25.7 Å². The Kier molecular flexibility index (Phi) is 3.95. The Morgan fingerprint density at radius 2 is 1.60 bits per heavy atom. The summed E-state index contributed by atoms with van der Waals surface area (Å²) in [6.07, 6.45) is 1.25. The number of aromatic carboxylic acids is 1. The van der Waals surface area contributed by atoms with Crippen molar-refractivity contribution in [1.29, 1.82) is 0 Å². The van der Waals surface area contributed by atoms with E-state index in [1.807, 2.05) is 6.07 Å². The standard InChI is InChI=1S/C14H11NO4S/c16-14(17)12-6-8-13(9-7-12)20(18,19)15-10-11-4-2-1-3-5-11/h1-10H,(H,16,17)/b15-10+. The van der Waals surface area contributed by atoms with Gasteiger partial charge < -0.3 is 5.11 Å². The summed E-state index contributed by atoms with van der Waals surface area (Å²) in [7, 11) is -3.82. The van der Waals surface area contributed by atoms with E-state index in [9.17, 15) is 13.2 Å². The lowest BCUT2D eigenvalue weighted by atomic mass is 10.2. The third-order valence-electron chi connectivity index (χ3n) is 2.54. The molecule has 6 heteroatoms. The Morgan fingerprint density at radius 1 is 1.00 bits per heavy atom. The second kappa shape index (κ2) is 5.66. The normalized spacial score (nSPS) is 11.6. The molecular formula is C14H11NO4S. The van der Waals surface area contributed by atoms with E-state index in [2.05, 4.69) is 4.40 Å². The number of rotatable bonds is 4. The monoisotopic (exact) mass is 289 g/mol. The van der Waals surface area contributed by atoms with Gasteiger partial charge in [-0.3, -0.25) is 0 Å². The first-order chi connectivity index (χ1) is 9.49. The quantitative estimate of drug-likeness (QED) is 0.874. The van der Waals surface area contributed by atoms with Gasteiger partial charge in [-0.15, -0.1) is 0 Å². The Balaban J connectivity index is 2.27. The average Bonchev–Trinajstić information content (AvgIpc) is 2.46. The van der Waals surface area contributed by atoms with Gasteiger partial charge in [-0.2, -0.15) is 12.8 Å². The zero-order chi connectivity index (χ0) is 14.6. The van der Waals surface area contributed by atoms with Crippen molar-refractivity contribution >= 4 is 22.2 Å². The second-order valence-corrected chi connectivity index (χ2v) is 5.58. The Morgan fingerprint density at radius 3 is 2.15 bits per heavy atom. The van der Waals surface area contributed by atoms with Gasteiger partial charge >= 0.3 is 5.97 Å². The summed E-state index contributed by atoms with van der Waals surface area (Å²) in [6.45, 7) is 0. The highest BCUT2D eigenvalue weighted by Crippen LogP contribution is 2.13. The molecule has 0 aliphatic rings. The van der Waals surface area contributed by atoms with Crippen LogP contribution in [0.1, 0.15) is 15.9 Å². The average molecular weight is 289 g/mol. The number of benzene rings is 2. The molecule has 0 amide bonds. The molecule has 0 radical (unpaired) electrons. The minimum Gasteiger partial charge on any atom is -0.478 e. The molecule has 2 aromatic carbocycles. The van der Waals surface area contributed by atoms with Crippen LogP contribution in [0.2, 0.25) is 0 Å². The molecular weight excluding hydrogens is 278 g/mol. The lowest BCUT2D eigenvalue weighted by molar-refractivity contribution is 0.0697. The van der Waals surface area contributed by atoms with Crippen LogP contribution in [0.4, 0.5) is 0 Å². The molecule has 0 unspecified atom stereocenters. The molecule has 102 valence electrons. The van der Waals surface area contributed by atoms with Crippen LogP contribution in [0.25, 0.3) is 0 Å². The van der Waals surface area contributed by atoms with Crippen molar-refractivity contribution in [2.24, 2.45) is 4.40 Å². The molecule has 5 nitrogen and oxygen atoms in total. The molecule has 0 atom stereocenters. The number of carbonyl (C=O) groups is 1. The molecule has 0 heterocycles. The first-order valence-electron chi connectivity index (χ1n) is 5.68. The van der Waals surface area contributed by atoms with Gasteiger partial charge in [0.25, 0.3) is 10.0 Å². The van der Waals surface area contributed by atoms with Gasteiger partial charge in [-0.1, -0.05) is 30.3 Å². The van der Waals surface area contributed by atoms with Gasteiger partial charge in [-0.25, -0.2) is 4.79 Å². The van der Waals surface area contributed by atoms with Crippen LogP contribution in [0.3, 0.4) is 0 Å². The maximum atomic E-state index is 11.9. The van der Waals surface area contributed by atoms with Crippen LogP contribution in [-0.2, 0) is 10.0 Å². The summed E-state index contributed by atoms with van der Waals surface area (Å²) in [5.41, 5.74) is 0.689. The molecule has 20 heavy (non-hydrogen) atoms. The molecule has 0 aliphatic carbocycles. The van der Waals surface area contributed by atoms with E-state index in [1.165, 1.54) is 30.5 Å². The van der Waals surface area contributed by atoms with Crippen molar-refractivity contribution in [3.63, 3.8) is 0 Å². The molecule has 0 saturated heterocycles. The minimum atomic E-state index is -3.82. The topological polar surface area (TPSA) is 83.8 Å². The van der Waals surface area contributed by atoms with Crippen molar-refractivity contribution in [1.82, 2.24) is 0 Å². The van der Waals surface area contributed by atoms with Crippen LogP contribution in [0.15, 0.2) is 63.9 Å². The van der Waals surface area contributed by atoms with Crippen molar-refractivity contribution in [2.75, 3.05) is 0 Å². The Labute approximate surface area is 116 Å². The lowest BCUT2D eigenvalue weighted by Gasteiger charge is -1.99. The van der Waals surface area contributed by atoms with Crippen LogP contribution >= 0.6 is 0 Å². The van der Waals surface area contributed by atoms with Crippen LogP contribution in [0.5, 0.6) is 0 Å². The predicted molar refractivity (Wildman–Crippen MR) is 74.6 cm³/mol. The number of hydrogen-bond donors (Lipinski definition) is 1. The Bertz CT molecular complexity index is 735. The fourth-order valence-electron chi connectivity index (χ4n) is 1.50. The molecule has 2 aromatic rings. The summed E-state index contributed by atoms with van der Waals surface area (Å²) in [6, 6.07) is 13.7.